The molecule has 19 heavy (non-hydrogen) atoms. The second kappa shape index (κ2) is 7.59. The Morgan fingerprint density at radius 3 is 2.89 bits per heavy atom. The number of rotatable bonds is 4. The zero-order chi connectivity index (χ0) is 13.1. The third kappa shape index (κ3) is 4.43. The highest BCUT2D eigenvalue weighted by atomic mass is 79.9. The smallest absolute Gasteiger partial charge is 0.251 e. The van der Waals surface area contributed by atoms with Gasteiger partial charge in [-0.25, -0.2) is 0 Å². The normalized spacial score (nSPS) is 22.1. The second-order valence-electron chi connectivity index (χ2n) is 4.49. The Morgan fingerprint density at radius 2 is 2.37 bits per heavy atom. The Bertz CT molecular complexity index is 430. The molecule has 4 nitrogen and oxygen atoms in total. The maximum Gasteiger partial charge on any atom is 0.251 e. The van der Waals surface area contributed by atoms with Gasteiger partial charge in [0.2, 0.25) is 0 Å². The quantitative estimate of drug-likeness (QED) is 0.886. The second-order valence-corrected chi connectivity index (χ2v) is 6.40. The van der Waals surface area contributed by atoms with Gasteiger partial charge >= 0.3 is 0 Å². The Kier molecular flexibility index (Phi) is 6.76. The summed E-state index contributed by atoms with van der Waals surface area (Å²) in [6.07, 6.45) is 1.39. The molecule has 2 N–H and O–H groups in total. The molecule has 1 aliphatic rings. The zero-order valence-electron chi connectivity index (χ0n) is 10.7. The van der Waals surface area contributed by atoms with E-state index in [1.54, 1.807) is 16.2 Å². The van der Waals surface area contributed by atoms with Crippen LogP contribution >= 0.6 is 39.7 Å². The molecule has 0 saturated carbocycles. The fraction of sp³-hybridized carbons (Fsp3) is 0.583. The van der Waals surface area contributed by atoms with Crippen LogP contribution in [0.2, 0.25) is 0 Å². The van der Waals surface area contributed by atoms with Crippen LogP contribution < -0.4 is 5.73 Å². The number of amides is 1. The topological polar surface area (TPSA) is 55.6 Å². The number of halogens is 2. The summed E-state index contributed by atoms with van der Waals surface area (Å²) in [6, 6.07) is 2.03. The average molecular weight is 370 g/mol. The predicted octanol–water partition coefficient (Wildman–Crippen LogP) is 2.40. The van der Waals surface area contributed by atoms with Crippen LogP contribution in [0.15, 0.2) is 15.9 Å². The van der Waals surface area contributed by atoms with Gasteiger partial charge in [0, 0.05) is 28.3 Å². The van der Waals surface area contributed by atoms with Crippen LogP contribution in [0.3, 0.4) is 0 Å². The molecule has 0 bridgehead atoms. The molecule has 1 amide bonds. The Balaban J connectivity index is 0.00000180. The third-order valence-electron chi connectivity index (χ3n) is 3.04. The summed E-state index contributed by atoms with van der Waals surface area (Å²) < 4.78 is 6.67. The summed E-state index contributed by atoms with van der Waals surface area (Å²) in [4.78, 5) is 15.1. The van der Waals surface area contributed by atoms with E-state index < -0.39 is 0 Å². The molecule has 1 fully saturated rings. The van der Waals surface area contributed by atoms with E-state index in [9.17, 15) is 4.79 Å². The van der Waals surface area contributed by atoms with Crippen LogP contribution in [-0.2, 0) is 16.1 Å². The van der Waals surface area contributed by atoms with E-state index in [2.05, 4.69) is 15.9 Å². The first-order valence-electron chi connectivity index (χ1n) is 5.93. The fourth-order valence-corrected chi connectivity index (χ4v) is 3.56. The lowest BCUT2D eigenvalue weighted by Crippen LogP contribution is -2.36. The van der Waals surface area contributed by atoms with Gasteiger partial charge in [0.25, 0.3) is 5.91 Å². The van der Waals surface area contributed by atoms with Crippen molar-refractivity contribution in [3.05, 3.63) is 20.8 Å². The molecule has 0 aliphatic carbocycles. The molecule has 1 aliphatic heterocycles. The summed E-state index contributed by atoms with van der Waals surface area (Å²) in [7, 11) is 1.81. The van der Waals surface area contributed by atoms with Gasteiger partial charge in [0.1, 0.15) is 6.10 Å². The van der Waals surface area contributed by atoms with Crippen LogP contribution in [0.5, 0.6) is 0 Å². The minimum absolute atomic E-state index is 0. The Morgan fingerprint density at radius 1 is 1.63 bits per heavy atom. The molecular formula is C12H18BrClN2O2S. The Hall–Kier alpha value is -0.140. The van der Waals surface area contributed by atoms with Crippen LogP contribution in [-0.4, -0.2) is 36.6 Å². The van der Waals surface area contributed by atoms with Crippen molar-refractivity contribution in [2.45, 2.75) is 31.6 Å². The first kappa shape index (κ1) is 16.9. The van der Waals surface area contributed by atoms with Gasteiger partial charge < -0.3 is 15.4 Å². The molecule has 108 valence electrons. The number of hydrogen-bond acceptors (Lipinski definition) is 4. The van der Waals surface area contributed by atoms with E-state index in [-0.39, 0.29) is 30.5 Å². The molecule has 2 rings (SSSR count). The van der Waals surface area contributed by atoms with Gasteiger partial charge in [-0.15, -0.1) is 23.7 Å². The molecule has 0 unspecified atom stereocenters. The number of hydrogen-bond donors (Lipinski definition) is 1. The highest BCUT2D eigenvalue weighted by Crippen LogP contribution is 2.23. The molecule has 0 aromatic carbocycles. The molecule has 0 radical (unpaired) electrons. The van der Waals surface area contributed by atoms with Crippen LogP contribution in [0.1, 0.15) is 17.7 Å². The van der Waals surface area contributed by atoms with Crippen LogP contribution in [0, 0.1) is 0 Å². The molecule has 0 spiro atoms. The van der Waals surface area contributed by atoms with E-state index in [1.165, 1.54) is 0 Å². The van der Waals surface area contributed by atoms with Crippen molar-refractivity contribution >= 4 is 45.6 Å². The SMILES string of the molecule is CN(Cc1cc(Br)cs1)C(=O)[C@@H]1CC[C@H](CN)O1.Cl. The summed E-state index contributed by atoms with van der Waals surface area (Å²) in [5, 5.41) is 2.02. The van der Waals surface area contributed by atoms with E-state index in [0.717, 1.165) is 22.2 Å². The largest absolute Gasteiger partial charge is 0.364 e. The molecule has 1 aromatic heterocycles. The number of likely N-dealkylation sites (N-methyl/N-ethyl adjacent to an activating group) is 1. The van der Waals surface area contributed by atoms with Crippen molar-refractivity contribution in [2.75, 3.05) is 13.6 Å². The third-order valence-corrected chi connectivity index (χ3v) is 4.72. The number of nitrogens with two attached hydrogens (primary N) is 1. The standard InChI is InChI=1S/C12H17BrN2O2S.ClH/c1-15(6-10-4-8(13)7-18-10)12(16)11-3-2-9(5-14)17-11;/h4,7,9,11H,2-3,5-6,14H2,1H3;1H/t9-,11+;/m1./s1. The lowest BCUT2D eigenvalue weighted by Gasteiger charge is -2.20. The van der Waals surface area contributed by atoms with Gasteiger partial charge in [-0.3, -0.25) is 4.79 Å². The van der Waals surface area contributed by atoms with Crippen molar-refractivity contribution in [1.82, 2.24) is 4.90 Å². The predicted molar refractivity (Wildman–Crippen MR) is 82.7 cm³/mol. The van der Waals surface area contributed by atoms with Crippen molar-refractivity contribution in [3.63, 3.8) is 0 Å². The highest BCUT2D eigenvalue weighted by Gasteiger charge is 2.31. The summed E-state index contributed by atoms with van der Waals surface area (Å²) in [5.74, 6) is 0.0514. The number of thiophene rings is 1. The Labute approximate surface area is 131 Å². The lowest BCUT2D eigenvalue weighted by molar-refractivity contribution is -0.141. The zero-order valence-corrected chi connectivity index (χ0v) is 13.9. The summed E-state index contributed by atoms with van der Waals surface area (Å²) in [5.41, 5.74) is 5.55. The molecule has 2 heterocycles. The average Bonchev–Trinajstić information content (AvgIpc) is 2.97. The number of carbonyl (C=O) groups excluding carboxylic acids is 1. The van der Waals surface area contributed by atoms with Gasteiger partial charge in [-0.05, 0) is 34.8 Å². The van der Waals surface area contributed by atoms with Gasteiger partial charge in [-0.2, -0.15) is 0 Å². The number of nitrogens with zero attached hydrogens (tertiary/aromatic N) is 1. The number of ether oxygens (including phenoxy) is 1. The van der Waals surface area contributed by atoms with Crippen molar-refractivity contribution in [1.29, 1.82) is 0 Å². The van der Waals surface area contributed by atoms with Gasteiger partial charge in [0.15, 0.2) is 0 Å². The first-order valence-corrected chi connectivity index (χ1v) is 7.61. The maximum absolute atomic E-state index is 12.2. The van der Waals surface area contributed by atoms with Crippen LogP contribution in [0.25, 0.3) is 0 Å². The fourth-order valence-electron chi connectivity index (χ4n) is 2.05. The van der Waals surface area contributed by atoms with E-state index in [1.807, 2.05) is 18.5 Å². The molecule has 7 heteroatoms. The molecule has 1 saturated heterocycles. The monoisotopic (exact) mass is 368 g/mol. The van der Waals surface area contributed by atoms with Crippen molar-refractivity contribution < 1.29 is 9.53 Å². The van der Waals surface area contributed by atoms with Gasteiger partial charge in [0.05, 0.1) is 12.6 Å². The molecule has 1 aromatic rings. The van der Waals surface area contributed by atoms with E-state index in [4.69, 9.17) is 10.5 Å². The maximum atomic E-state index is 12.2. The van der Waals surface area contributed by atoms with Crippen molar-refractivity contribution in [3.8, 4) is 0 Å². The molecule has 2 atom stereocenters. The summed E-state index contributed by atoms with van der Waals surface area (Å²) >= 11 is 5.05. The van der Waals surface area contributed by atoms with Crippen LogP contribution in [0.4, 0.5) is 0 Å². The minimum Gasteiger partial charge on any atom is -0.364 e. The number of carbonyl (C=O) groups is 1. The summed E-state index contributed by atoms with van der Waals surface area (Å²) in [6.45, 7) is 1.12. The van der Waals surface area contributed by atoms with Gasteiger partial charge in [-0.1, -0.05) is 0 Å². The van der Waals surface area contributed by atoms with E-state index in [0.29, 0.717) is 13.1 Å². The lowest BCUT2D eigenvalue weighted by atomic mass is 10.2. The first-order chi connectivity index (χ1) is 8.60. The highest BCUT2D eigenvalue weighted by molar-refractivity contribution is 9.10. The van der Waals surface area contributed by atoms with E-state index >= 15 is 0 Å². The minimum atomic E-state index is -0.313. The van der Waals surface area contributed by atoms with Crippen molar-refractivity contribution in [2.24, 2.45) is 5.73 Å². The molecular weight excluding hydrogens is 352 g/mol.